The maximum atomic E-state index is 13.8. The minimum Gasteiger partial charge on any atom is -0.491 e. The van der Waals surface area contributed by atoms with Crippen molar-refractivity contribution in [2.45, 2.75) is 31.5 Å². The van der Waals surface area contributed by atoms with Crippen LogP contribution >= 0.6 is 0 Å². The Morgan fingerprint density at radius 3 is 2.57 bits per heavy atom. The van der Waals surface area contributed by atoms with Crippen molar-refractivity contribution in [3.05, 3.63) is 114 Å². The number of hydrogen-bond acceptors (Lipinski definition) is 9. The number of para-hydroxylation sites is 1. The number of carbonyl (C=O) groups excluding carboxylic acids is 2. The third kappa shape index (κ3) is 8.65. The summed E-state index contributed by atoms with van der Waals surface area (Å²) >= 11 is 0. The Labute approximate surface area is 268 Å². The van der Waals surface area contributed by atoms with Gasteiger partial charge in [0.15, 0.2) is 0 Å². The van der Waals surface area contributed by atoms with E-state index in [-0.39, 0.29) is 24.7 Å². The highest BCUT2D eigenvalue weighted by atomic mass is 16.5. The number of benzene rings is 3. The molecule has 0 aliphatic carbocycles. The van der Waals surface area contributed by atoms with Gasteiger partial charge >= 0.3 is 6.09 Å². The van der Waals surface area contributed by atoms with Gasteiger partial charge in [0, 0.05) is 13.1 Å². The lowest BCUT2D eigenvalue weighted by atomic mass is 10.0. The number of ether oxygens (including phenoxy) is 3. The van der Waals surface area contributed by atoms with Crippen molar-refractivity contribution < 1.29 is 23.8 Å². The van der Waals surface area contributed by atoms with Gasteiger partial charge in [-0.15, -0.1) is 0 Å². The van der Waals surface area contributed by atoms with E-state index in [1.165, 1.54) is 13.4 Å². The number of anilines is 2. The molecule has 1 aliphatic heterocycles. The molecule has 1 aromatic heterocycles. The Morgan fingerprint density at radius 1 is 1.02 bits per heavy atom. The summed E-state index contributed by atoms with van der Waals surface area (Å²) in [5.41, 5.74) is 4.49. The molecule has 0 saturated carbocycles. The van der Waals surface area contributed by atoms with E-state index in [9.17, 15) is 9.59 Å². The van der Waals surface area contributed by atoms with Crippen LogP contribution in [0.4, 0.5) is 16.2 Å². The monoisotopic (exact) mass is 620 g/mol. The largest absolute Gasteiger partial charge is 0.491 e. The molecule has 2 N–H and O–H groups in total. The highest BCUT2D eigenvalue weighted by Crippen LogP contribution is 2.32. The molecule has 3 aromatic carbocycles. The third-order valence-corrected chi connectivity index (χ3v) is 7.55. The summed E-state index contributed by atoms with van der Waals surface area (Å²) in [5.74, 6) is 0.312. The van der Waals surface area contributed by atoms with Gasteiger partial charge < -0.3 is 24.8 Å². The van der Waals surface area contributed by atoms with Crippen LogP contribution in [0.3, 0.4) is 0 Å². The highest BCUT2D eigenvalue weighted by molar-refractivity contribution is 6.03. The van der Waals surface area contributed by atoms with E-state index in [1.807, 2.05) is 54.6 Å². The quantitative estimate of drug-likeness (QED) is 0.237. The summed E-state index contributed by atoms with van der Waals surface area (Å²) in [5, 5.41) is 14.9. The first-order valence-electron chi connectivity index (χ1n) is 15.1. The van der Waals surface area contributed by atoms with Crippen molar-refractivity contribution in [1.82, 2.24) is 20.6 Å². The van der Waals surface area contributed by atoms with Crippen molar-refractivity contribution in [2.75, 3.05) is 38.3 Å². The first-order chi connectivity index (χ1) is 22.5. The zero-order chi connectivity index (χ0) is 32.1. The van der Waals surface area contributed by atoms with Crippen LogP contribution in [0.2, 0.25) is 0 Å². The molecule has 1 saturated heterocycles. The van der Waals surface area contributed by atoms with Crippen molar-refractivity contribution in [3.8, 4) is 11.8 Å². The number of nitriles is 1. The first-order valence-corrected chi connectivity index (χ1v) is 15.1. The predicted molar refractivity (Wildman–Crippen MR) is 172 cm³/mol. The number of aromatic nitrogens is 2. The van der Waals surface area contributed by atoms with E-state index >= 15 is 0 Å². The summed E-state index contributed by atoms with van der Waals surface area (Å²) < 4.78 is 16.9. The molecule has 0 radical (unpaired) electrons. The number of hydrogen-bond donors (Lipinski definition) is 2. The fraction of sp³-hybridized carbons (Fsp3) is 0.286. The Hall–Kier alpha value is -5.31. The van der Waals surface area contributed by atoms with Crippen molar-refractivity contribution in [1.29, 1.82) is 5.26 Å². The molecule has 2 unspecified atom stereocenters. The Morgan fingerprint density at radius 2 is 1.78 bits per heavy atom. The first kappa shape index (κ1) is 32.1. The number of carbonyl (C=O) groups is 2. The number of aryl methyl sites for hydroxylation is 1. The summed E-state index contributed by atoms with van der Waals surface area (Å²) in [6.07, 6.45) is 3.88. The summed E-state index contributed by atoms with van der Waals surface area (Å²) in [6, 6.07) is 26.8. The van der Waals surface area contributed by atoms with Gasteiger partial charge in [0.05, 0.1) is 48.1 Å². The van der Waals surface area contributed by atoms with Crippen LogP contribution in [0.25, 0.3) is 0 Å². The fourth-order valence-electron chi connectivity index (χ4n) is 5.27. The molecule has 4 aromatic rings. The summed E-state index contributed by atoms with van der Waals surface area (Å²) in [6.45, 7) is 1.40. The molecule has 1 fully saturated rings. The second-order valence-corrected chi connectivity index (χ2v) is 10.7. The molecule has 5 rings (SSSR count). The normalized spacial score (nSPS) is 15.7. The molecule has 11 nitrogen and oxygen atoms in total. The van der Waals surface area contributed by atoms with E-state index in [1.54, 1.807) is 35.4 Å². The van der Waals surface area contributed by atoms with Crippen LogP contribution in [0, 0.1) is 11.3 Å². The van der Waals surface area contributed by atoms with Crippen LogP contribution in [-0.4, -0.2) is 67.5 Å². The van der Waals surface area contributed by atoms with Gasteiger partial charge in [-0.05, 0) is 60.7 Å². The molecule has 2 atom stereocenters. The molecule has 0 spiro atoms. The van der Waals surface area contributed by atoms with Gasteiger partial charge in [-0.25, -0.2) is 14.8 Å². The standard InChI is InChI=1S/C35H36N6O5/c1-44-35(43)39-22-34(42)41(32-10-6-5-9-27(32)17-25-7-3-2-4-8-25)33-21-38-24-40-31(33)16-15-29-19-37-20-30(46-29)23-45-28-13-11-26(18-36)12-14-28/h2-14,21,24,29-30,37H,15-17,19-20,22-23H2,1H3,(H,39,43). The van der Waals surface area contributed by atoms with E-state index in [0.29, 0.717) is 67.3 Å². The highest BCUT2D eigenvalue weighted by Gasteiger charge is 2.27. The van der Waals surface area contributed by atoms with Crippen molar-refractivity contribution in [2.24, 2.45) is 0 Å². The number of amides is 2. The molecule has 2 amide bonds. The van der Waals surface area contributed by atoms with Crippen LogP contribution in [0.5, 0.6) is 5.75 Å². The van der Waals surface area contributed by atoms with E-state index in [2.05, 4.69) is 26.7 Å². The second kappa shape index (κ2) is 16.1. The summed E-state index contributed by atoms with van der Waals surface area (Å²) in [4.78, 5) is 36.1. The lowest BCUT2D eigenvalue weighted by molar-refractivity contribution is -0.117. The molecule has 2 heterocycles. The summed E-state index contributed by atoms with van der Waals surface area (Å²) in [7, 11) is 1.25. The van der Waals surface area contributed by atoms with Crippen LogP contribution < -0.4 is 20.3 Å². The van der Waals surface area contributed by atoms with E-state index in [4.69, 9.17) is 19.5 Å². The van der Waals surface area contributed by atoms with Crippen LogP contribution in [0.1, 0.15) is 28.8 Å². The number of methoxy groups -OCH3 is 1. The van der Waals surface area contributed by atoms with Gasteiger partial charge in [0.1, 0.15) is 31.3 Å². The average molecular weight is 621 g/mol. The van der Waals surface area contributed by atoms with Crippen molar-refractivity contribution >= 4 is 23.4 Å². The second-order valence-electron chi connectivity index (χ2n) is 10.7. The number of morpholine rings is 1. The predicted octanol–water partition coefficient (Wildman–Crippen LogP) is 4.33. The molecule has 46 heavy (non-hydrogen) atoms. The minimum atomic E-state index is -0.699. The Balaban J connectivity index is 1.33. The lowest BCUT2D eigenvalue weighted by Crippen LogP contribution is -2.47. The number of alkyl carbamates (subject to hydrolysis) is 1. The topological polar surface area (TPSA) is 139 Å². The smallest absolute Gasteiger partial charge is 0.407 e. The van der Waals surface area contributed by atoms with E-state index < -0.39 is 6.09 Å². The van der Waals surface area contributed by atoms with Gasteiger partial charge in [-0.3, -0.25) is 9.69 Å². The number of nitrogens with zero attached hydrogens (tertiary/aromatic N) is 4. The molecular formula is C35H36N6O5. The molecule has 1 aliphatic rings. The van der Waals surface area contributed by atoms with Gasteiger partial charge in [-0.1, -0.05) is 48.5 Å². The number of rotatable bonds is 12. The van der Waals surface area contributed by atoms with Gasteiger partial charge in [0.2, 0.25) is 0 Å². The third-order valence-electron chi connectivity index (χ3n) is 7.55. The maximum Gasteiger partial charge on any atom is 0.407 e. The molecular weight excluding hydrogens is 584 g/mol. The Bertz CT molecular complexity index is 1640. The SMILES string of the molecule is COC(=O)NCC(=O)N(c1ccccc1Cc1ccccc1)c1cncnc1CCC1CNCC(COc2ccc(C#N)cc2)O1. The van der Waals surface area contributed by atoms with E-state index in [0.717, 1.165) is 11.1 Å². The van der Waals surface area contributed by atoms with Crippen molar-refractivity contribution in [3.63, 3.8) is 0 Å². The fourth-order valence-corrected chi connectivity index (χ4v) is 5.27. The molecule has 236 valence electrons. The van der Waals surface area contributed by atoms with Crippen LogP contribution in [-0.2, 0) is 27.1 Å². The van der Waals surface area contributed by atoms with Gasteiger partial charge in [0.25, 0.3) is 5.91 Å². The van der Waals surface area contributed by atoms with Crippen LogP contribution in [0.15, 0.2) is 91.4 Å². The average Bonchev–Trinajstić information content (AvgIpc) is 3.11. The minimum absolute atomic E-state index is 0.110. The maximum absolute atomic E-state index is 13.8. The molecule has 11 heteroatoms. The Kier molecular flexibility index (Phi) is 11.3. The lowest BCUT2D eigenvalue weighted by Gasteiger charge is -2.31. The van der Waals surface area contributed by atoms with Gasteiger partial charge in [-0.2, -0.15) is 5.26 Å². The zero-order valence-electron chi connectivity index (χ0n) is 25.6. The molecule has 0 bridgehead atoms. The zero-order valence-corrected chi connectivity index (χ0v) is 25.6. The number of nitrogens with one attached hydrogen (secondary N) is 2.